The van der Waals surface area contributed by atoms with Crippen molar-refractivity contribution < 1.29 is 4.79 Å². The normalized spacial score (nSPS) is 9.89. The lowest BCUT2D eigenvalue weighted by Gasteiger charge is -2.09. The van der Waals surface area contributed by atoms with Crippen molar-refractivity contribution in [2.24, 2.45) is 0 Å². The van der Waals surface area contributed by atoms with E-state index in [-0.39, 0.29) is 5.91 Å². The molecule has 0 aliphatic rings. The van der Waals surface area contributed by atoms with E-state index in [2.05, 4.69) is 15.3 Å². The molecule has 1 heterocycles. The number of amides is 1. The van der Waals surface area contributed by atoms with Crippen LogP contribution in [0, 0.1) is 0 Å². The second-order valence-electron chi connectivity index (χ2n) is 3.99. The van der Waals surface area contributed by atoms with Gasteiger partial charge in [0.1, 0.15) is 0 Å². The molecule has 92 valence electrons. The molecular formula is C13H14N4O. The van der Waals surface area contributed by atoms with E-state index in [4.69, 9.17) is 0 Å². The van der Waals surface area contributed by atoms with E-state index in [0.717, 1.165) is 5.69 Å². The van der Waals surface area contributed by atoms with E-state index >= 15 is 0 Å². The van der Waals surface area contributed by atoms with Crippen molar-refractivity contribution in [3.63, 3.8) is 0 Å². The lowest BCUT2D eigenvalue weighted by Crippen LogP contribution is -2.16. The van der Waals surface area contributed by atoms with Crippen molar-refractivity contribution >= 4 is 17.5 Å². The standard InChI is InChI=1S/C13H14N4O/c1-17(2)13-14-8-10(9-15-13)12(18)16-11-6-4-3-5-7-11/h3-9H,1-2H3,(H,16,18). The molecule has 1 amide bonds. The highest BCUT2D eigenvalue weighted by Gasteiger charge is 2.07. The second-order valence-corrected chi connectivity index (χ2v) is 3.99. The molecule has 2 aromatic rings. The summed E-state index contributed by atoms with van der Waals surface area (Å²) in [4.78, 5) is 21.9. The van der Waals surface area contributed by atoms with Gasteiger partial charge in [-0.1, -0.05) is 18.2 Å². The number of benzene rings is 1. The minimum Gasteiger partial charge on any atom is -0.347 e. The fourth-order valence-electron chi connectivity index (χ4n) is 1.39. The van der Waals surface area contributed by atoms with Gasteiger partial charge in [0.05, 0.1) is 5.56 Å². The highest BCUT2D eigenvalue weighted by molar-refractivity contribution is 6.03. The summed E-state index contributed by atoms with van der Waals surface area (Å²) in [5, 5.41) is 2.77. The first-order chi connectivity index (χ1) is 8.66. The smallest absolute Gasteiger partial charge is 0.258 e. The highest BCUT2D eigenvalue weighted by Crippen LogP contribution is 2.08. The number of hydrogen-bond acceptors (Lipinski definition) is 4. The summed E-state index contributed by atoms with van der Waals surface area (Å²) in [6.07, 6.45) is 3.03. The maximum atomic E-state index is 11.9. The third kappa shape index (κ3) is 2.82. The van der Waals surface area contributed by atoms with E-state index in [1.54, 1.807) is 4.90 Å². The Labute approximate surface area is 105 Å². The van der Waals surface area contributed by atoms with E-state index < -0.39 is 0 Å². The fraction of sp³-hybridized carbons (Fsp3) is 0.154. The predicted molar refractivity (Wildman–Crippen MR) is 70.8 cm³/mol. The zero-order valence-corrected chi connectivity index (χ0v) is 10.3. The molecule has 2 rings (SSSR count). The molecule has 0 aliphatic heterocycles. The van der Waals surface area contributed by atoms with Gasteiger partial charge in [-0.25, -0.2) is 9.97 Å². The monoisotopic (exact) mass is 242 g/mol. The molecule has 0 bridgehead atoms. The SMILES string of the molecule is CN(C)c1ncc(C(=O)Nc2ccccc2)cn1. The van der Waals surface area contributed by atoms with Gasteiger partial charge in [-0.2, -0.15) is 0 Å². The summed E-state index contributed by atoms with van der Waals surface area (Å²) in [5.41, 5.74) is 1.18. The quantitative estimate of drug-likeness (QED) is 0.891. The van der Waals surface area contributed by atoms with Gasteiger partial charge in [0.15, 0.2) is 0 Å². The van der Waals surface area contributed by atoms with Crippen LogP contribution in [0.4, 0.5) is 11.6 Å². The molecule has 0 aliphatic carbocycles. The van der Waals surface area contributed by atoms with Gasteiger partial charge in [0.25, 0.3) is 5.91 Å². The summed E-state index contributed by atoms with van der Waals surface area (Å²) in [7, 11) is 3.69. The van der Waals surface area contributed by atoms with Gasteiger partial charge in [-0.3, -0.25) is 4.79 Å². The molecule has 5 heteroatoms. The molecule has 0 spiro atoms. The molecule has 0 saturated carbocycles. The summed E-state index contributed by atoms with van der Waals surface area (Å²) >= 11 is 0. The Morgan fingerprint density at radius 2 is 1.72 bits per heavy atom. The lowest BCUT2D eigenvalue weighted by atomic mass is 10.3. The van der Waals surface area contributed by atoms with Gasteiger partial charge < -0.3 is 10.2 Å². The molecule has 0 radical (unpaired) electrons. The molecule has 0 atom stereocenters. The number of aromatic nitrogens is 2. The molecular weight excluding hydrogens is 228 g/mol. The maximum Gasteiger partial charge on any atom is 0.258 e. The Balaban J connectivity index is 2.10. The van der Waals surface area contributed by atoms with Crippen LogP contribution >= 0.6 is 0 Å². The average molecular weight is 242 g/mol. The van der Waals surface area contributed by atoms with Crippen LogP contribution in [-0.4, -0.2) is 30.0 Å². The van der Waals surface area contributed by atoms with E-state index in [9.17, 15) is 4.79 Å². The summed E-state index contributed by atoms with van der Waals surface area (Å²) < 4.78 is 0. The van der Waals surface area contributed by atoms with Gasteiger partial charge in [-0.05, 0) is 12.1 Å². The third-order valence-corrected chi connectivity index (χ3v) is 2.33. The minimum absolute atomic E-state index is 0.216. The molecule has 1 N–H and O–H groups in total. The Morgan fingerprint density at radius 1 is 1.11 bits per heavy atom. The van der Waals surface area contributed by atoms with Crippen LogP contribution in [0.2, 0.25) is 0 Å². The van der Waals surface area contributed by atoms with E-state index in [1.807, 2.05) is 44.4 Å². The number of rotatable bonds is 3. The number of nitrogens with zero attached hydrogens (tertiary/aromatic N) is 3. The molecule has 0 unspecified atom stereocenters. The summed E-state index contributed by atoms with van der Waals surface area (Å²) in [6.45, 7) is 0. The van der Waals surface area contributed by atoms with Crippen molar-refractivity contribution in [2.45, 2.75) is 0 Å². The van der Waals surface area contributed by atoms with Crippen LogP contribution in [0.5, 0.6) is 0 Å². The zero-order chi connectivity index (χ0) is 13.0. The van der Waals surface area contributed by atoms with Crippen molar-refractivity contribution in [1.29, 1.82) is 0 Å². The van der Waals surface area contributed by atoms with Crippen molar-refractivity contribution in [3.8, 4) is 0 Å². The first-order valence-electron chi connectivity index (χ1n) is 5.52. The largest absolute Gasteiger partial charge is 0.347 e. The van der Waals surface area contributed by atoms with Crippen molar-refractivity contribution in [3.05, 3.63) is 48.3 Å². The minimum atomic E-state index is -0.216. The van der Waals surface area contributed by atoms with Crippen LogP contribution < -0.4 is 10.2 Å². The Bertz CT molecular complexity index is 522. The molecule has 1 aromatic heterocycles. The van der Waals surface area contributed by atoms with Gasteiger partial charge >= 0.3 is 0 Å². The van der Waals surface area contributed by atoms with Crippen molar-refractivity contribution in [2.75, 3.05) is 24.3 Å². The second kappa shape index (κ2) is 5.27. The Morgan fingerprint density at radius 3 is 2.28 bits per heavy atom. The number of carbonyl (C=O) groups is 1. The zero-order valence-electron chi connectivity index (χ0n) is 10.3. The summed E-state index contributed by atoms with van der Waals surface area (Å²) in [6, 6.07) is 9.27. The van der Waals surface area contributed by atoms with Gasteiger partial charge in [0, 0.05) is 32.2 Å². The Kier molecular flexibility index (Phi) is 3.52. The number of para-hydroxylation sites is 1. The average Bonchev–Trinajstić information content (AvgIpc) is 2.40. The van der Waals surface area contributed by atoms with Crippen LogP contribution in [-0.2, 0) is 0 Å². The molecule has 18 heavy (non-hydrogen) atoms. The number of nitrogens with one attached hydrogen (secondary N) is 1. The van der Waals surface area contributed by atoms with E-state index in [0.29, 0.717) is 11.5 Å². The molecule has 0 fully saturated rings. The molecule has 0 saturated heterocycles. The van der Waals surface area contributed by atoms with Crippen LogP contribution in [0.15, 0.2) is 42.7 Å². The van der Waals surface area contributed by atoms with Gasteiger partial charge in [-0.15, -0.1) is 0 Å². The Hall–Kier alpha value is -2.43. The molecule has 1 aromatic carbocycles. The number of carbonyl (C=O) groups excluding carboxylic acids is 1. The van der Waals surface area contributed by atoms with Crippen LogP contribution in [0.3, 0.4) is 0 Å². The van der Waals surface area contributed by atoms with E-state index in [1.165, 1.54) is 12.4 Å². The first kappa shape index (κ1) is 12.0. The lowest BCUT2D eigenvalue weighted by molar-refractivity contribution is 0.102. The predicted octanol–water partition coefficient (Wildman–Crippen LogP) is 1.79. The third-order valence-electron chi connectivity index (χ3n) is 2.33. The number of anilines is 2. The van der Waals surface area contributed by atoms with Gasteiger partial charge in [0.2, 0.25) is 5.95 Å². The molecule has 5 nitrogen and oxygen atoms in total. The fourth-order valence-corrected chi connectivity index (χ4v) is 1.39. The van der Waals surface area contributed by atoms with Crippen LogP contribution in [0.25, 0.3) is 0 Å². The number of hydrogen-bond donors (Lipinski definition) is 1. The first-order valence-corrected chi connectivity index (χ1v) is 5.52. The van der Waals surface area contributed by atoms with Crippen molar-refractivity contribution in [1.82, 2.24) is 9.97 Å². The van der Waals surface area contributed by atoms with Crippen LogP contribution in [0.1, 0.15) is 10.4 Å². The highest BCUT2D eigenvalue weighted by atomic mass is 16.1. The maximum absolute atomic E-state index is 11.9. The summed E-state index contributed by atoms with van der Waals surface area (Å²) in [5.74, 6) is 0.359. The topological polar surface area (TPSA) is 58.1 Å².